The summed E-state index contributed by atoms with van der Waals surface area (Å²) in [5.41, 5.74) is 5.47. The molecule has 2 aromatic rings. The van der Waals surface area contributed by atoms with Crippen molar-refractivity contribution in [2.45, 2.75) is 40.2 Å². The number of rotatable bonds is 7. The fraction of sp³-hybridized carbons (Fsp3) is 0.400. The number of benzene rings is 1. The summed E-state index contributed by atoms with van der Waals surface area (Å²) in [6.07, 6.45) is 10.5. The van der Waals surface area contributed by atoms with E-state index in [4.69, 9.17) is 9.63 Å². The summed E-state index contributed by atoms with van der Waals surface area (Å²) in [4.78, 5) is 17.8. The second-order valence-electron chi connectivity index (χ2n) is 8.91. The van der Waals surface area contributed by atoms with E-state index in [1.165, 1.54) is 5.57 Å². The van der Waals surface area contributed by atoms with Gasteiger partial charge in [0.15, 0.2) is 0 Å². The fourth-order valence-corrected chi connectivity index (χ4v) is 4.09. The molecule has 0 saturated carbocycles. The minimum absolute atomic E-state index is 0.234. The Morgan fingerprint density at radius 3 is 2.77 bits per heavy atom. The van der Waals surface area contributed by atoms with Crippen LogP contribution < -0.4 is 0 Å². The van der Waals surface area contributed by atoms with Crippen molar-refractivity contribution < 1.29 is 14.4 Å². The van der Waals surface area contributed by atoms with E-state index in [9.17, 15) is 4.79 Å². The van der Waals surface area contributed by atoms with Crippen molar-refractivity contribution in [2.24, 2.45) is 11.8 Å². The van der Waals surface area contributed by atoms with Gasteiger partial charge in [-0.05, 0) is 42.9 Å². The van der Waals surface area contributed by atoms with Crippen molar-refractivity contribution in [3.8, 4) is 11.4 Å². The summed E-state index contributed by atoms with van der Waals surface area (Å²) in [5, 5.41) is 13.2. The normalized spacial score (nSPS) is 17.3. The number of aliphatic carboxylic acids is 1. The number of carboxylic acid groups (broad SMARTS) is 1. The predicted octanol–water partition coefficient (Wildman–Crippen LogP) is 4.88. The highest BCUT2D eigenvalue weighted by atomic mass is 16.5. The molecule has 1 N–H and O–H groups in total. The summed E-state index contributed by atoms with van der Waals surface area (Å²) < 4.78 is 5.57. The van der Waals surface area contributed by atoms with E-state index in [0.717, 1.165) is 41.6 Å². The van der Waals surface area contributed by atoms with Crippen LogP contribution in [0.4, 0.5) is 0 Å². The highest BCUT2D eigenvalue weighted by molar-refractivity contribution is 5.72. The number of hydrogen-bond donors (Lipinski definition) is 1. The van der Waals surface area contributed by atoms with Crippen molar-refractivity contribution in [3.05, 3.63) is 65.1 Å². The van der Waals surface area contributed by atoms with Gasteiger partial charge in [0.1, 0.15) is 0 Å². The molecule has 162 valence electrons. The van der Waals surface area contributed by atoms with E-state index in [1.54, 1.807) is 0 Å². The van der Waals surface area contributed by atoms with Crippen LogP contribution in [0.3, 0.4) is 0 Å². The van der Waals surface area contributed by atoms with E-state index < -0.39 is 5.97 Å². The molecule has 1 saturated heterocycles. The van der Waals surface area contributed by atoms with E-state index in [0.29, 0.717) is 30.7 Å². The van der Waals surface area contributed by atoms with Crippen LogP contribution in [0.2, 0.25) is 0 Å². The third kappa shape index (κ3) is 5.02. The molecule has 1 aromatic carbocycles. The van der Waals surface area contributed by atoms with Gasteiger partial charge in [-0.15, -0.1) is 0 Å². The molecule has 4 rings (SSSR count). The number of aromatic nitrogens is 2. The van der Waals surface area contributed by atoms with Crippen molar-refractivity contribution in [1.29, 1.82) is 0 Å². The topological polar surface area (TPSA) is 79.5 Å². The van der Waals surface area contributed by atoms with Crippen LogP contribution in [0.5, 0.6) is 0 Å². The molecular weight excluding hydrogens is 390 g/mol. The van der Waals surface area contributed by atoms with Crippen molar-refractivity contribution in [3.63, 3.8) is 0 Å². The highest BCUT2D eigenvalue weighted by Crippen LogP contribution is 2.27. The monoisotopic (exact) mass is 419 g/mol. The van der Waals surface area contributed by atoms with Crippen molar-refractivity contribution >= 4 is 11.5 Å². The Morgan fingerprint density at radius 2 is 2.06 bits per heavy atom. The highest BCUT2D eigenvalue weighted by Gasteiger charge is 2.32. The van der Waals surface area contributed by atoms with Crippen LogP contribution in [0, 0.1) is 18.8 Å². The molecule has 31 heavy (non-hydrogen) atoms. The average molecular weight is 420 g/mol. The van der Waals surface area contributed by atoms with Crippen LogP contribution in [0.1, 0.15) is 43.7 Å². The van der Waals surface area contributed by atoms with E-state index in [1.807, 2.05) is 13.0 Å². The minimum Gasteiger partial charge on any atom is -0.481 e. The molecule has 1 aliphatic carbocycles. The molecule has 0 spiro atoms. The zero-order chi connectivity index (χ0) is 22.0. The number of aryl methyl sites for hydroxylation is 1. The van der Waals surface area contributed by atoms with E-state index in [-0.39, 0.29) is 5.92 Å². The van der Waals surface area contributed by atoms with Gasteiger partial charge in [0.2, 0.25) is 5.82 Å². The van der Waals surface area contributed by atoms with Gasteiger partial charge in [0.05, 0.1) is 5.92 Å². The molecule has 6 heteroatoms. The number of carbonyl (C=O) groups is 1. The zero-order valence-electron chi connectivity index (χ0n) is 18.3. The lowest BCUT2D eigenvalue weighted by Crippen LogP contribution is -2.49. The van der Waals surface area contributed by atoms with Gasteiger partial charge in [-0.3, -0.25) is 9.69 Å². The molecule has 0 atom stereocenters. The lowest BCUT2D eigenvalue weighted by atomic mass is 9.98. The summed E-state index contributed by atoms with van der Waals surface area (Å²) >= 11 is 0. The molecule has 2 heterocycles. The van der Waals surface area contributed by atoms with Crippen LogP contribution >= 0.6 is 0 Å². The van der Waals surface area contributed by atoms with Gasteiger partial charge in [-0.25, -0.2) is 0 Å². The maximum absolute atomic E-state index is 11.0. The lowest BCUT2D eigenvalue weighted by Gasteiger charge is -2.36. The first-order valence-electron chi connectivity index (χ1n) is 10.9. The smallest absolute Gasteiger partial charge is 0.309 e. The van der Waals surface area contributed by atoms with Gasteiger partial charge in [-0.2, -0.15) is 4.98 Å². The first-order chi connectivity index (χ1) is 14.9. The summed E-state index contributed by atoms with van der Waals surface area (Å²) in [7, 11) is 0. The van der Waals surface area contributed by atoms with Gasteiger partial charge in [-0.1, -0.05) is 61.0 Å². The molecular formula is C25H29N3O3. The van der Waals surface area contributed by atoms with E-state index in [2.05, 4.69) is 65.3 Å². The van der Waals surface area contributed by atoms with Crippen LogP contribution in [0.25, 0.3) is 17.0 Å². The number of allylic oxidation sites excluding steroid dienone is 6. The Hall–Kier alpha value is -2.99. The Labute approximate surface area is 183 Å². The van der Waals surface area contributed by atoms with Gasteiger partial charge in [0.25, 0.3) is 5.89 Å². The largest absolute Gasteiger partial charge is 0.481 e. The van der Waals surface area contributed by atoms with Gasteiger partial charge >= 0.3 is 5.97 Å². The SMILES string of the molecule is Cc1cc(CN2CC(C(=O)O)C2)ccc1-c1noc(C2=CCC=C(CC(C)C)C=C2)n1. The summed E-state index contributed by atoms with van der Waals surface area (Å²) in [6, 6.07) is 6.19. The summed E-state index contributed by atoms with van der Waals surface area (Å²) in [5.74, 6) is 0.804. The molecule has 1 aromatic heterocycles. The summed E-state index contributed by atoms with van der Waals surface area (Å²) in [6.45, 7) is 8.47. The quantitative estimate of drug-likeness (QED) is 0.689. The second kappa shape index (κ2) is 9.02. The Kier molecular flexibility index (Phi) is 6.18. The van der Waals surface area contributed by atoms with Gasteiger partial charge in [0, 0.05) is 30.8 Å². The number of hydrogen-bond acceptors (Lipinski definition) is 5. The predicted molar refractivity (Wildman–Crippen MR) is 120 cm³/mol. The maximum Gasteiger partial charge on any atom is 0.309 e. The van der Waals surface area contributed by atoms with Crippen molar-refractivity contribution in [1.82, 2.24) is 15.0 Å². The molecule has 0 amide bonds. The van der Waals surface area contributed by atoms with E-state index >= 15 is 0 Å². The molecule has 1 fully saturated rings. The minimum atomic E-state index is -0.707. The fourth-order valence-electron chi connectivity index (χ4n) is 4.09. The molecule has 1 aliphatic heterocycles. The Morgan fingerprint density at radius 1 is 1.26 bits per heavy atom. The van der Waals surface area contributed by atoms with Gasteiger partial charge < -0.3 is 9.63 Å². The van der Waals surface area contributed by atoms with Crippen LogP contribution in [-0.4, -0.2) is 39.2 Å². The molecule has 0 bridgehead atoms. The standard InChI is InChI=1S/C25H29N3O3/c1-16(2)11-18-5-4-6-20(9-7-18)24-26-23(27-31-24)22-10-8-19(12-17(22)3)13-28-14-21(15-28)25(29)30/h5-10,12,16,21H,4,11,13-15H2,1-3H3,(H,29,30). The molecule has 6 nitrogen and oxygen atoms in total. The lowest BCUT2D eigenvalue weighted by molar-refractivity contribution is -0.147. The Bertz CT molecular complexity index is 1060. The third-order valence-electron chi connectivity index (χ3n) is 5.76. The zero-order valence-corrected chi connectivity index (χ0v) is 18.3. The van der Waals surface area contributed by atoms with Crippen molar-refractivity contribution in [2.75, 3.05) is 13.1 Å². The number of nitrogens with zero attached hydrogens (tertiary/aromatic N) is 3. The second-order valence-corrected chi connectivity index (χ2v) is 8.91. The third-order valence-corrected chi connectivity index (χ3v) is 5.76. The van der Waals surface area contributed by atoms with Crippen LogP contribution in [0.15, 0.2) is 52.6 Å². The maximum atomic E-state index is 11.0. The molecule has 2 aliphatic rings. The number of carboxylic acids is 1. The first-order valence-corrected chi connectivity index (χ1v) is 10.9. The molecule has 0 unspecified atom stereocenters. The van der Waals surface area contributed by atoms with Crippen LogP contribution in [-0.2, 0) is 11.3 Å². The Balaban J connectivity index is 1.43. The first kappa shape index (κ1) is 21.2. The average Bonchev–Trinajstić information content (AvgIpc) is 3.04. The number of likely N-dealkylation sites (tertiary alicyclic amines) is 1. The molecule has 0 radical (unpaired) electrons.